The molecule has 0 radical (unpaired) electrons. The van der Waals surface area contributed by atoms with Gasteiger partial charge in [0.15, 0.2) is 0 Å². The lowest BCUT2D eigenvalue weighted by Gasteiger charge is -2.15. The van der Waals surface area contributed by atoms with Gasteiger partial charge in [-0.3, -0.25) is 0 Å². The van der Waals surface area contributed by atoms with E-state index in [4.69, 9.17) is 9.47 Å². The second-order valence-corrected chi connectivity index (χ2v) is 4.21. The van der Waals surface area contributed by atoms with Crippen LogP contribution in [0, 0.1) is 0 Å². The van der Waals surface area contributed by atoms with E-state index in [1.165, 1.54) is 0 Å². The molecule has 0 bridgehead atoms. The summed E-state index contributed by atoms with van der Waals surface area (Å²) in [7, 11) is 1.71. The molecule has 4 heteroatoms. The van der Waals surface area contributed by atoms with Crippen molar-refractivity contribution in [3.05, 3.63) is 30.3 Å². The Morgan fingerprint density at radius 3 is 2.61 bits per heavy atom. The van der Waals surface area contributed by atoms with E-state index in [0.29, 0.717) is 12.6 Å². The Morgan fingerprint density at radius 2 is 1.89 bits per heavy atom. The van der Waals surface area contributed by atoms with E-state index >= 15 is 0 Å². The highest BCUT2D eigenvalue weighted by molar-refractivity contribution is 5.20. The molecule has 0 aliphatic rings. The van der Waals surface area contributed by atoms with E-state index in [1.54, 1.807) is 7.11 Å². The molecule has 0 saturated carbocycles. The van der Waals surface area contributed by atoms with Crippen molar-refractivity contribution in [1.82, 2.24) is 10.6 Å². The SMILES string of the molecule is COCCNCC(C)NCCOc1ccccc1. The zero-order valence-corrected chi connectivity index (χ0v) is 11.3. The summed E-state index contributed by atoms with van der Waals surface area (Å²) < 4.78 is 10.6. The molecule has 0 aliphatic carbocycles. The van der Waals surface area contributed by atoms with Gasteiger partial charge in [0.2, 0.25) is 0 Å². The Hall–Kier alpha value is -1.10. The highest BCUT2D eigenvalue weighted by atomic mass is 16.5. The third kappa shape index (κ3) is 7.27. The summed E-state index contributed by atoms with van der Waals surface area (Å²) in [6.45, 7) is 6.28. The Balaban J connectivity index is 1.97. The number of hydrogen-bond acceptors (Lipinski definition) is 4. The number of para-hydroxylation sites is 1. The summed E-state index contributed by atoms with van der Waals surface area (Å²) in [5.41, 5.74) is 0. The number of ether oxygens (including phenoxy) is 2. The Morgan fingerprint density at radius 1 is 1.11 bits per heavy atom. The second-order valence-electron chi connectivity index (χ2n) is 4.21. The average molecular weight is 252 g/mol. The summed E-state index contributed by atoms with van der Waals surface area (Å²) in [5, 5.41) is 6.72. The molecule has 102 valence electrons. The van der Waals surface area contributed by atoms with Crippen molar-refractivity contribution in [1.29, 1.82) is 0 Å². The molecule has 1 rings (SSSR count). The summed E-state index contributed by atoms with van der Waals surface area (Å²) in [5.74, 6) is 0.921. The normalized spacial score (nSPS) is 12.3. The van der Waals surface area contributed by atoms with E-state index in [1.807, 2.05) is 30.3 Å². The fourth-order valence-corrected chi connectivity index (χ4v) is 1.56. The molecule has 4 nitrogen and oxygen atoms in total. The lowest BCUT2D eigenvalue weighted by atomic mass is 10.3. The molecule has 0 amide bonds. The second kappa shape index (κ2) is 9.88. The molecule has 0 heterocycles. The van der Waals surface area contributed by atoms with Gasteiger partial charge in [0.1, 0.15) is 12.4 Å². The fraction of sp³-hybridized carbons (Fsp3) is 0.571. The molecule has 1 atom stereocenters. The lowest BCUT2D eigenvalue weighted by Crippen LogP contribution is -2.39. The van der Waals surface area contributed by atoms with Gasteiger partial charge in [0, 0.05) is 32.8 Å². The zero-order valence-electron chi connectivity index (χ0n) is 11.3. The molecule has 0 spiro atoms. The van der Waals surface area contributed by atoms with Gasteiger partial charge in [-0.15, -0.1) is 0 Å². The summed E-state index contributed by atoms with van der Waals surface area (Å²) in [6, 6.07) is 10.3. The molecular formula is C14H24N2O2. The van der Waals surface area contributed by atoms with E-state index < -0.39 is 0 Å². The van der Waals surface area contributed by atoms with Crippen LogP contribution in [-0.2, 0) is 4.74 Å². The van der Waals surface area contributed by atoms with Crippen molar-refractivity contribution in [2.75, 3.05) is 40.0 Å². The van der Waals surface area contributed by atoms with Crippen molar-refractivity contribution >= 4 is 0 Å². The Bertz CT molecular complexity index is 293. The summed E-state index contributed by atoms with van der Waals surface area (Å²) in [4.78, 5) is 0. The first-order valence-corrected chi connectivity index (χ1v) is 6.44. The molecule has 2 N–H and O–H groups in total. The fourth-order valence-electron chi connectivity index (χ4n) is 1.56. The van der Waals surface area contributed by atoms with Crippen LogP contribution in [0.3, 0.4) is 0 Å². The average Bonchev–Trinajstić information content (AvgIpc) is 2.41. The molecular weight excluding hydrogens is 228 g/mol. The van der Waals surface area contributed by atoms with E-state index in [-0.39, 0.29) is 0 Å². The maximum atomic E-state index is 5.60. The first kappa shape index (κ1) is 15.0. The third-order valence-electron chi connectivity index (χ3n) is 2.54. The highest BCUT2D eigenvalue weighted by Crippen LogP contribution is 2.07. The minimum absolute atomic E-state index is 0.432. The van der Waals surface area contributed by atoms with Gasteiger partial charge in [-0.1, -0.05) is 18.2 Å². The minimum Gasteiger partial charge on any atom is -0.492 e. The minimum atomic E-state index is 0.432. The summed E-state index contributed by atoms with van der Waals surface area (Å²) in [6.07, 6.45) is 0. The van der Waals surface area contributed by atoms with Crippen molar-refractivity contribution in [2.45, 2.75) is 13.0 Å². The molecule has 18 heavy (non-hydrogen) atoms. The van der Waals surface area contributed by atoms with Crippen LogP contribution in [0.1, 0.15) is 6.92 Å². The van der Waals surface area contributed by atoms with Crippen LogP contribution in [-0.4, -0.2) is 46.0 Å². The van der Waals surface area contributed by atoms with Crippen molar-refractivity contribution in [3.63, 3.8) is 0 Å². The maximum Gasteiger partial charge on any atom is 0.119 e. The van der Waals surface area contributed by atoms with Crippen LogP contribution in [0.25, 0.3) is 0 Å². The Labute approximate surface area is 110 Å². The van der Waals surface area contributed by atoms with Crippen LogP contribution in [0.2, 0.25) is 0 Å². The Kier molecular flexibility index (Phi) is 8.21. The van der Waals surface area contributed by atoms with Crippen molar-refractivity contribution in [3.8, 4) is 5.75 Å². The number of rotatable bonds is 10. The quantitative estimate of drug-likeness (QED) is 0.616. The van der Waals surface area contributed by atoms with Crippen LogP contribution >= 0.6 is 0 Å². The topological polar surface area (TPSA) is 42.5 Å². The highest BCUT2D eigenvalue weighted by Gasteiger charge is 1.99. The molecule has 0 aliphatic heterocycles. The number of methoxy groups -OCH3 is 1. The van der Waals surface area contributed by atoms with Crippen molar-refractivity contribution in [2.24, 2.45) is 0 Å². The zero-order chi connectivity index (χ0) is 13.1. The molecule has 0 fully saturated rings. The van der Waals surface area contributed by atoms with Crippen molar-refractivity contribution < 1.29 is 9.47 Å². The molecule has 0 saturated heterocycles. The predicted octanol–water partition coefficient (Wildman–Crippen LogP) is 1.28. The third-order valence-corrected chi connectivity index (χ3v) is 2.54. The van der Waals surface area contributed by atoms with E-state index in [2.05, 4.69) is 17.6 Å². The smallest absolute Gasteiger partial charge is 0.119 e. The molecule has 0 aromatic heterocycles. The van der Waals surface area contributed by atoms with Crippen LogP contribution in [0.15, 0.2) is 30.3 Å². The van der Waals surface area contributed by atoms with Crippen LogP contribution in [0.4, 0.5) is 0 Å². The summed E-state index contributed by atoms with van der Waals surface area (Å²) >= 11 is 0. The predicted molar refractivity (Wildman–Crippen MR) is 74.1 cm³/mol. The van der Waals surface area contributed by atoms with Gasteiger partial charge in [-0.05, 0) is 19.1 Å². The van der Waals surface area contributed by atoms with E-state index in [9.17, 15) is 0 Å². The monoisotopic (exact) mass is 252 g/mol. The standard InChI is InChI=1S/C14H24N2O2/c1-13(12-15-8-10-17-2)16-9-11-18-14-6-4-3-5-7-14/h3-7,13,15-16H,8-12H2,1-2H3. The van der Waals surface area contributed by atoms with E-state index in [0.717, 1.165) is 32.0 Å². The van der Waals surface area contributed by atoms with Gasteiger partial charge < -0.3 is 20.1 Å². The van der Waals surface area contributed by atoms with Gasteiger partial charge in [-0.25, -0.2) is 0 Å². The number of nitrogens with one attached hydrogen (secondary N) is 2. The van der Waals surface area contributed by atoms with Gasteiger partial charge >= 0.3 is 0 Å². The van der Waals surface area contributed by atoms with Gasteiger partial charge in [0.25, 0.3) is 0 Å². The largest absolute Gasteiger partial charge is 0.492 e. The number of benzene rings is 1. The van der Waals surface area contributed by atoms with Crippen LogP contribution < -0.4 is 15.4 Å². The lowest BCUT2D eigenvalue weighted by molar-refractivity contribution is 0.198. The molecule has 1 unspecified atom stereocenters. The molecule has 1 aromatic carbocycles. The van der Waals surface area contributed by atoms with Gasteiger partial charge in [0.05, 0.1) is 6.61 Å². The van der Waals surface area contributed by atoms with Crippen LogP contribution in [0.5, 0.6) is 5.75 Å². The first-order chi connectivity index (χ1) is 8.83. The maximum absolute atomic E-state index is 5.60. The molecule has 1 aromatic rings. The number of hydrogen-bond donors (Lipinski definition) is 2. The van der Waals surface area contributed by atoms with Gasteiger partial charge in [-0.2, -0.15) is 0 Å². The first-order valence-electron chi connectivity index (χ1n) is 6.44.